The van der Waals surface area contributed by atoms with Gasteiger partial charge in [-0.25, -0.2) is 8.42 Å². The normalized spacial score (nSPS) is 12.1. The number of allylic oxidation sites excluding steroid dienone is 1. The second-order valence-corrected chi connectivity index (χ2v) is 7.12. The molecule has 2 rings (SSSR count). The van der Waals surface area contributed by atoms with Crippen molar-refractivity contribution in [3.63, 3.8) is 0 Å². The van der Waals surface area contributed by atoms with Gasteiger partial charge in [0.05, 0.1) is 4.90 Å². The molecule has 1 heterocycles. The number of hydrogen-bond donors (Lipinski definition) is 0. The molecule has 1 aromatic carbocycles. The van der Waals surface area contributed by atoms with Crippen LogP contribution in [-0.2, 0) is 9.84 Å². The molecule has 0 aliphatic carbocycles. The summed E-state index contributed by atoms with van der Waals surface area (Å²) in [6.45, 7) is 1.93. The molecule has 1 aromatic heterocycles. The molecule has 0 aliphatic heterocycles. The van der Waals surface area contributed by atoms with Crippen molar-refractivity contribution in [3.05, 3.63) is 57.1 Å². The molecule has 0 atom stereocenters. The standard InChI is InChI=1S/C14H11NO2S2/c1-11-7-8-12(18-11)9-14(10-15)19(16,17)13-5-3-2-4-6-13/h2-9H,1H3. The summed E-state index contributed by atoms with van der Waals surface area (Å²) in [7, 11) is -3.73. The Kier molecular flexibility index (Phi) is 3.84. The van der Waals surface area contributed by atoms with Crippen molar-refractivity contribution in [1.82, 2.24) is 0 Å². The molecular formula is C14H11NO2S2. The van der Waals surface area contributed by atoms with Crippen molar-refractivity contribution in [2.75, 3.05) is 0 Å². The van der Waals surface area contributed by atoms with Crippen LogP contribution in [0.1, 0.15) is 9.75 Å². The second-order valence-electron chi connectivity index (χ2n) is 3.89. The third-order valence-electron chi connectivity index (χ3n) is 2.49. The number of thiophene rings is 1. The lowest BCUT2D eigenvalue weighted by Crippen LogP contribution is -2.02. The van der Waals surface area contributed by atoms with Crippen molar-refractivity contribution >= 4 is 27.3 Å². The highest BCUT2D eigenvalue weighted by Crippen LogP contribution is 2.24. The number of nitrogens with zero attached hydrogens (tertiary/aromatic N) is 1. The molecular weight excluding hydrogens is 278 g/mol. The van der Waals surface area contributed by atoms with Gasteiger partial charge < -0.3 is 0 Å². The minimum Gasteiger partial charge on any atom is -0.218 e. The van der Waals surface area contributed by atoms with Crippen LogP contribution in [0.5, 0.6) is 0 Å². The predicted octanol–water partition coefficient (Wildman–Crippen LogP) is 3.39. The summed E-state index contributed by atoms with van der Waals surface area (Å²) in [4.78, 5) is 1.73. The molecule has 96 valence electrons. The van der Waals surface area contributed by atoms with Gasteiger partial charge in [0.1, 0.15) is 6.07 Å². The molecule has 0 radical (unpaired) electrons. The molecule has 2 aromatic rings. The quantitative estimate of drug-likeness (QED) is 0.814. The maximum absolute atomic E-state index is 12.3. The zero-order chi connectivity index (χ0) is 13.9. The Balaban J connectivity index is 2.49. The fourth-order valence-corrected chi connectivity index (χ4v) is 3.62. The highest BCUT2D eigenvalue weighted by molar-refractivity contribution is 7.95. The Hall–Kier alpha value is -1.90. The number of benzene rings is 1. The van der Waals surface area contributed by atoms with E-state index in [0.717, 1.165) is 9.75 Å². The third-order valence-corrected chi connectivity index (χ3v) is 5.12. The minimum atomic E-state index is -3.73. The molecule has 19 heavy (non-hydrogen) atoms. The topological polar surface area (TPSA) is 57.9 Å². The Labute approximate surface area is 116 Å². The van der Waals surface area contributed by atoms with E-state index < -0.39 is 9.84 Å². The molecule has 0 unspecified atom stereocenters. The van der Waals surface area contributed by atoms with Gasteiger partial charge in [-0.2, -0.15) is 5.26 Å². The molecule has 0 saturated heterocycles. The van der Waals surface area contributed by atoms with Gasteiger partial charge in [-0.15, -0.1) is 11.3 Å². The van der Waals surface area contributed by atoms with E-state index in [-0.39, 0.29) is 9.80 Å². The number of sulfone groups is 1. The first-order chi connectivity index (χ1) is 9.04. The molecule has 3 nitrogen and oxygen atoms in total. The summed E-state index contributed by atoms with van der Waals surface area (Å²) in [5.41, 5.74) is 0. The van der Waals surface area contributed by atoms with Gasteiger partial charge in [0.2, 0.25) is 9.84 Å². The molecule has 5 heteroatoms. The maximum atomic E-state index is 12.3. The third kappa shape index (κ3) is 2.92. The summed E-state index contributed by atoms with van der Waals surface area (Å²) in [5.74, 6) is 0. The fourth-order valence-electron chi connectivity index (χ4n) is 1.56. The van der Waals surface area contributed by atoms with E-state index in [1.54, 1.807) is 30.3 Å². The van der Waals surface area contributed by atoms with E-state index in [1.165, 1.54) is 29.5 Å². The fraction of sp³-hybridized carbons (Fsp3) is 0.0714. The summed E-state index contributed by atoms with van der Waals surface area (Å²) in [6, 6.07) is 13.4. The van der Waals surface area contributed by atoms with Gasteiger partial charge in [-0.05, 0) is 37.3 Å². The Morgan fingerprint density at radius 1 is 1.21 bits per heavy atom. The Morgan fingerprint density at radius 3 is 2.42 bits per heavy atom. The van der Waals surface area contributed by atoms with Crippen molar-refractivity contribution in [2.45, 2.75) is 11.8 Å². The van der Waals surface area contributed by atoms with E-state index in [4.69, 9.17) is 5.26 Å². The maximum Gasteiger partial charge on any atom is 0.216 e. The first-order valence-corrected chi connectivity index (χ1v) is 7.82. The van der Waals surface area contributed by atoms with Crippen LogP contribution in [0.25, 0.3) is 6.08 Å². The minimum absolute atomic E-state index is 0.135. The SMILES string of the molecule is Cc1ccc(C=C(C#N)S(=O)(=O)c2ccccc2)s1. The molecule has 0 N–H and O–H groups in total. The van der Waals surface area contributed by atoms with Gasteiger partial charge in [-0.3, -0.25) is 0 Å². The summed E-state index contributed by atoms with van der Waals surface area (Å²) >= 11 is 1.45. The Bertz CT molecular complexity index is 750. The van der Waals surface area contributed by atoms with Crippen molar-refractivity contribution in [2.24, 2.45) is 0 Å². The molecule has 0 spiro atoms. The van der Waals surface area contributed by atoms with Crippen LogP contribution >= 0.6 is 11.3 Å². The molecule has 0 bridgehead atoms. The first kappa shape index (κ1) is 13.5. The summed E-state index contributed by atoms with van der Waals surface area (Å²) in [6.07, 6.45) is 1.42. The zero-order valence-corrected chi connectivity index (χ0v) is 11.8. The van der Waals surface area contributed by atoms with Gasteiger partial charge >= 0.3 is 0 Å². The van der Waals surface area contributed by atoms with Gasteiger partial charge in [-0.1, -0.05) is 18.2 Å². The van der Waals surface area contributed by atoms with E-state index in [1.807, 2.05) is 13.0 Å². The average Bonchev–Trinajstić information content (AvgIpc) is 2.82. The van der Waals surface area contributed by atoms with Crippen molar-refractivity contribution in [1.29, 1.82) is 5.26 Å². The summed E-state index contributed by atoms with van der Waals surface area (Å²) < 4.78 is 24.6. The van der Waals surface area contributed by atoms with Crippen LogP contribution in [0.15, 0.2) is 52.3 Å². The van der Waals surface area contributed by atoms with Crippen LogP contribution in [0.3, 0.4) is 0 Å². The van der Waals surface area contributed by atoms with E-state index in [2.05, 4.69) is 0 Å². The molecule has 0 amide bonds. The van der Waals surface area contributed by atoms with Crippen LogP contribution in [-0.4, -0.2) is 8.42 Å². The number of nitriles is 1. The molecule has 0 aliphatic rings. The lowest BCUT2D eigenvalue weighted by atomic mass is 10.4. The largest absolute Gasteiger partial charge is 0.218 e. The van der Waals surface area contributed by atoms with Crippen LogP contribution in [0, 0.1) is 18.3 Å². The average molecular weight is 289 g/mol. The van der Waals surface area contributed by atoms with Gasteiger partial charge in [0.25, 0.3) is 0 Å². The summed E-state index contributed by atoms with van der Waals surface area (Å²) in [5, 5.41) is 9.10. The van der Waals surface area contributed by atoms with Crippen molar-refractivity contribution < 1.29 is 8.42 Å². The number of rotatable bonds is 3. The lowest BCUT2D eigenvalue weighted by molar-refractivity contribution is 0.603. The number of aryl methyl sites for hydroxylation is 1. The number of hydrogen-bond acceptors (Lipinski definition) is 4. The van der Waals surface area contributed by atoms with Crippen LogP contribution in [0.2, 0.25) is 0 Å². The van der Waals surface area contributed by atoms with Gasteiger partial charge in [0, 0.05) is 9.75 Å². The second kappa shape index (κ2) is 5.39. The molecule has 0 saturated carbocycles. The highest BCUT2D eigenvalue weighted by atomic mass is 32.2. The smallest absolute Gasteiger partial charge is 0.216 e. The van der Waals surface area contributed by atoms with E-state index in [9.17, 15) is 8.42 Å². The zero-order valence-electron chi connectivity index (χ0n) is 10.2. The van der Waals surface area contributed by atoms with E-state index in [0.29, 0.717) is 0 Å². The molecule has 0 fully saturated rings. The van der Waals surface area contributed by atoms with Crippen LogP contribution < -0.4 is 0 Å². The Morgan fingerprint density at radius 2 is 1.89 bits per heavy atom. The van der Waals surface area contributed by atoms with Crippen molar-refractivity contribution in [3.8, 4) is 6.07 Å². The van der Waals surface area contributed by atoms with E-state index >= 15 is 0 Å². The highest BCUT2D eigenvalue weighted by Gasteiger charge is 2.20. The predicted molar refractivity (Wildman–Crippen MR) is 76.3 cm³/mol. The monoisotopic (exact) mass is 289 g/mol. The lowest BCUT2D eigenvalue weighted by Gasteiger charge is -2.01. The van der Waals surface area contributed by atoms with Gasteiger partial charge in [0.15, 0.2) is 4.91 Å². The van der Waals surface area contributed by atoms with Crippen LogP contribution in [0.4, 0.5) is 0 Å². The first-order valence-electron chi connectivity index (χ1n) is 5.52.